The third-order valence-electron chi connectivity index (χ3n) is 7.22. The Hall–Kier alpha value is -3.51. The van der Waals surface area contributed by atoms with Gasteiger partial charge in [0.05, 0.1) is 11.7 Å². The number of hydrogen-bond donors (Lipinski definition) is 3. The van der Waals surface area contributed by atoms with Gasteiger partial charge >= 0.3 is 0 Å². The van der Waals surface area contributed by atoms with E-state index in [1.165, 1.54) is 22.2 Å². The molecule has 2 atom stereocenters. The van der Waals surface area contributed by atoms with Gasteiger partial charge in [0.1, 0.15) is 0 Å². The molecule has 33 heavy (non-hydrogen) atoms. The van der Waals surface area contributed by atoms with Crippen LogP contribution in [0.1, 0.15) is 22.5 Å². The number of benzene rings is 2. The highest BCUT2D eigenvalue weighted by Gasteiger charge is 2.38. The fourth-order valence-electron chi connectivity index (χ4n) is 5.53. The number of nitrogens with one attached hydrogen (secondary N) is 3. The lowest BCUT2D eigenvalue weighted by molar-refractivity contribution is 0.0766. The van der Waals surface area contributed by atoms with Crippen LogP contribution in [-0.2, 0) is 6.42 Å². The molecule has 0 aliphatic carbocycles. The number of H-pyrrole nitrogens is 2. The lowest BCUT2D eigenvalue weighted by Crippen LogP contribution is -2.58. The van der Waals surface area contributed by atoms with E-state index in [2.05, 4.69) is 73.6 Å². The van der Waals surface area contributed by atoms with E-state index in [9.17, 15) is 4.79 Å². The quantitative estimate of drug-likeness (QED) is 0.406. The van der Waals surface area contributed by atoms with Crippen LogP contribution in [0.3, 0.4) is 0 Å². The molecule has 2 aromatic heterocycles. The second kappa shape index (κ2) is 8.45. The molecule has 2 unspecified atom stereocenters. The molecule has 1 fully saturated rings. The van der Waals surface area contributed by atoms with E-state index in [0.29, 0.717) is 5.69 Å². The van der Waals surface area contributed by atoms with Crippen molar-refractivity contribution in [1.82, 2.24) is 14.9 Å². The molecule has 0 spiro atoms. The molecule has 0 radical (unpaired) electrons. The zero-order chi connectivity index (χ0) is 22.2. The molecular formula is C27H29N5O. The topological polar surface area (TPSA) is 67.2 Å². The van der Waals surface area contributed by atoms with Crippen LogP contribution < -0.4 is 10.2 Å². The minimum absolute atomic E-state index is 0.0929. The van der Waals surface area contributed by atoms with Crippen LogP contribution in [0.15, 0.2) is 73.1 Å². The van der Waals surface area contributed by atoms with Crippen molar-refractivity contribution in [3.63, 3.8) is 0 Å². The normalized spacial score (nSPS) is 19.8. The van der Waals surface area contributed by atoms with Gasteiger partial charge in [-0.25, -0.2) is 0 Å². The maximum absolute atomic E-state index is 13.7. The number of nitrogens with zero attached hydrogens (tertiary/aromatic N) is 2. The zero-order valence-corrected chi connectivity index (χ0v) is 18.6. The molecule has 6 heteroatoms. The molecule has 0 amide bonds. The molecule has 2 aliphatic heterocycles. The van der Waals surface area contributed by atoms with Gasteiger partial charge in [0, 0.05) is 66.9 Å². The Bertz CT molecular complexity index is 1250. The molecule has 2 aromatic carbocycles. The van der Waals surface area contributed by atoms with Gasteiger partial charge in [-0.15, -0.1) is 0 Å². The summed E-state index contributed by atoms with van der Waals surface area (Å²) in [6, 6.07) is 20.8. The highest BCUT2D eigenvalue weighted by molar-refractivity contribution is 5.99. The summed E-state index contributed by atoms with van der Waals surface area (Å²) in [7, 11) is 0. The van der Waals surface area contributed by atoms with Crippen molar-refractivity contribution in [2.75, 3.05) is 36.4 Å². The van der Waals surface area contributed by atoms with Crippen LogP contribution in [0.2, 0.25) is 0 Å². The molecule has 168 valence electrons. The Morgan fingerprint density at radius 3 is 2.61 bits per heavy atom. The lowest BCUT2D eigenvalue weighted by Gasteiger charge is -2.43. The summed E-state index contributed by atoms with van der Waals surface area (Å²) in [6.45, 7) is 3.53. The van der Waals surface area contributed by atoms with Crippen molar-refractivity contribution in [2.24, 2.45) is 0 Å². The Morgan fingerprint density at radius 1 is 0.879 bits per heavy atom. The molecule has 4 heterocycles. The van der Waals surface area contributed by atoms with Crippen LogP contribution in [0.5, 0.6) is 0 Å². The van der Waals surface area contributed by atoms with Crippen molar-refractivity contribution in [2.45, 2.75) is 24.9 Å². The number of fused-ring (bicyclic) bond motifs is 2. The van der Waals surface area contributed by atoms with Crippen molar-refractivity contribution in [3.8, 4) is 0 Å². The van der Waals surface area contributed by atoms with E-state index in [1.807, 2.05) is 24.5 Å². The van der Waals surface area contributed by atoms with E-state index >= 15 is 0 Å². The highest BCUT2D eigenvalue weighted by Crippen LogP contribution is 2.31. The molecule has 2 aliphatic rings. The van der Waals surface area contributed by atoms with Crippen molar-refractivity contribution >= 4 is 28.1 Å². The molecule has 1 saturated heterocycles. The standard InChI is InChI=1S/C27H29N5O/c33-27(24-8-4-13-28-24)26(23-11-10-19-5-1-2-6-21(19)30-23)32-17-15-31(16-18-32)25-9-3-7-22-20(25)12-14-29-22/h1-9,12-14,23,26,28-30H,10-11,15-18H2. The maximum Gasteiger partial charge on any atom is 0.198 e. The average molecular weight is 440 g/mol. The minimum Gasteiger partial charge on any atom is -0.380 e. The lowest BCUT2D eigenvalue weighted by atomic mass is 9.89. The van der Waals surface area contributed by atoms with E-state index in [4.69, 9.17) is 0 Å². The van der Waals surface area contributed by atoms with Gasteiger partial charge in [-0.1, -0.05) is 24.3 Å². The van der Waals surface area contributed by atoms with Crippen molar-refractivity contribution < 1.29 is 4.79 Å². The van der Waals surface area contributed by atoms with Crippen LogP contribution in [0.25, 0.3) is 10.9 Å². The largest absolute Gasteiger partial charge is 0.380 e. The van der Waals surface area contributed by atoms with Gasteiger partial charge in [0.15, 0.2) is 5.78 Å². The van der Waals surface area contributed by atoms with Gasteiger partial charge < -0.3 is 20.2 Å². The number of ketones is 1. The third kappa shape index (κ3) is 3.70. The van der Waals surface area contributed by atoms with Gasteiger partial charge in [-0.3, -0.25) is 9.69 Å². The van der Waals surface area contributed by atoms with Crippen molar-refractivity contribution in [1.29, 1.82) is 0 Å². The molecule has 0 bridgehead atoms. The van der Waals surface area contributed by atoms with Crippen LogP contribution in [0, 0.1) is 0 Å². The Morgan fingerprint density at radius 2 is 1.76 bits per heavy atom. The van der Waals surface area contributed by atoms with Gasteiger partial charge in [-0.05, 0) is 54.8 Å². The van der Waals surface area contributed by atoms with Crippen LogP contribution >= 0.6 is 0 Å². The van der Waals surface area contributed by atoms with Gasteiger partial charge in [0.25, 0.3) is 0 Å². The van der Waals surface area contributed by atoms with Crippen LogP contribution in [0.4, 0.5) is 11.4 Å². The predicted octanol–water partition coefficient (Wildman–Crippen LogP) is 4.30. The number of hydrogen-bond acceptors (Lipinski definition) is 4. The Labute approximate surface area is 193 Å². The fraction of sp³-hybridized carbons (Fsp3) is 0.296. The summed E-state index contributed by atoms with van der Waals surface area (Å²) >= 11 is 0. The molecule has 0 saturated carbocycles. The van der Waals surface area contributed by atoms with E-state index in [1.54, 1.807) is 0 Å². The number of aromatic amines is 2. The number of aryl methyl sites for hydroxylation is 1. The number of Topliss-reactive ketones (excluding diaryl/α,β-unsaturated/α-hetero) is 1. The predicted molar refractivity (Wildman–Crippen MR) is 133 cm³/mol. The number of aromatic nitrogens is 2. The molecule has 6 nitrogen and oxygen atoms in total. The first-order valence-corrected chi connectivity index (χ1v) is 11.8. The number of carbonyl (C=O) groups is 1. The first kappa shape index (κ1) is 20.1. The highest BCUT2D eigenvalue weighted by atomic mass is 16.1. The first-order valence-electron chi connectivity index (χ1n) is 11.8. The zero-order valence-electron chi connectivity index (χ0n) is 18.6. The summed E-state index contributed by atoms with van der Waals surface area (Å²) in [4.78, 5) is 25.0. The number of para-hydroxylation sites is 1. The monoisotopic (exact) mass is 439 g/mol. The van der Waals surface area contributed by atoms with Gasteiger partial charge in [-0.2, -0.15) is 0 Å². The number of carbonyl (C=O) groups excluding carboxylic acids is 1. The Balaban J connectivity index is 1.25. The number of anilines is 2. The molecule has 3 N–H and O–H groups in total. The fourth-order valence-corrected chi connectivity index (χ4v) is 5.53. The number of rotatable bonds is 5. The molecule has 6 rings (SSSR count). The smallest absolute Gasteiger partial charge is 0.198 e. The SMILES string of the molecule is O=C(c1ccc[nH]1)C(C1CCc2ccccc2N1)N1CCN(c2cccc3[nH]ccc23)CC1. The van der Waals surface area contributed by atoms with E-state index in [-0.39, 0.29) is 17.9 Å². The summed E-state index contributed by atoms with van der Waals surface area (Å²) in [6.07, 6.45) is 5.79. The summed E-state index contributed by atoms with van der Waals surface area (Å²) in [5.41, 5.74) is 5.63. The second-order valence-corrected chi connectivity index (χ2v) is 9.08. The van der Waals surface area contributed by atoms with Gasteiger partial charge in [0.2, 0.25) is 0 Å². The summed E-state index contributed by atoms with van der Waals surface area (Å²) < 4.78 is 0. The maximum atomic E-state index is 13.7. The van der Waals surface area contributed by atoms with Crippen molar-refractivity contribution in [3.05, 3.63) is 84.3 Å². The van der Waals surface area contributed by atoms with Crippen LogP contribution in [-0.4, -0.2) is 58.9 Å². The third-order valence-corrected chi connectivity index (χ3v) is 7.22. The minimum atomic E-state index is -0.192. The summed E-state index contributed by atoms with van der Waals surface area (Å²) in [5, 5.41) is 4.97. The first-order chi connectivity index (χ1) is 16.3. The van der Waals surface area contributed by atoms with E-state index in [0.717, 1.165) is 44.7 Å². The number of piperazine rings is 1. The Kier molecular flexibility index (Phi) is 5.15. The average Bonchev–Trinajstić information content (AvgIpc) is 3.57. The summed E-state index contributed by atoms with van der Waals surface area (Å²) in [5.74, 6) is 0.179. The molecule has 4 aromatic rings. The second-order valence-electron chi connectivity index (χ2n) is 9.08. The molecular weight excluding hydrogens is 410 g/mol. The van der Waals surface area contributed by atoms with E-state index < -0.39 is 0 Å².